The van der Waals surface area contributed by atoms with E-state index in [2.05, 4.69) is 28.5 Å². The summed E-state index contributed by atoms with van der Waals surface area (Å²) >= 11 is 1.78. The van der Waals surface area contributed by atoms with Crippen molar-refractivity contribution < 1.29 is 9.53 Å². The van der Waals surface area contributed by atoms with Crippen molar-refractivity contribution >= 4 is 17.2 Å². The predicted octanol–water partition coefficient (Wildman–Crippen LogP) is 3.16. The molecule has 0 saturated carbocycles. The van der Waals surface area contributed by atoms with Crippen LogP contribution >= 0.6 is 11.3 Å². The summed E-state index contributed by atoms with van der Waals surface area (Å²) in [6.45, 7) is 5.08. The Hall–Kier alpha value is -1.85. The summed E-state index contributed by atoms with van der Waals surface area (Å²) in [5.41, 5.74) is 1.08. The average molecular weight is 330 g/mol. The standard InChI is InChI=1S/C18H22N2O2S/c1-14(21)20-10-9-19(12-15-6-5-11-23-15)13-17(20)16-7-3-4-8-18(16)22-2/h3-8,11,17H,9-10,12-13H2,1-2H3/t17-/m1/s1. The number of benzene rings is 1. The summed E-state index contributed by atoms with van der Waals surface area (Å²) in [5.74, 6) is 0.971. The molecule has 23 heavy (non-hydrogen) atoms. The number of ether oxygens (including phenoxy) is 1. The zero-order valence-corrected chi connectivity index (χ0v) is 14.4. The van der Waals surface area contributed by atoms with Crippen LogP contribution in [0.2, 0.25) is 0 Å². The first-order valence-electron chi connectivity index (χ1n) is 7.84. The maximum absolute atomic E-state index is 12.1. The van der Waals surface area contributed by atoms with E-state index in [1.807, 2.05) is 23.1 Å². The van der Waals surface area contributed by atoms with Crippen LogP contribution in [0.15, 0.2) is 41.8 Å². The highest BCUT2D eigenvalue weighted by atomic mass is 32.1. The molecule has 3 rings (SSSR count). The first kappa shape index (κ1) is 16.0. The van der Waals surface area contributed by atoms with E-state index in [0.29, 0.717) is 0 Å². The lowest BCUT2D eigenvalue weighted by molar-refractivity contribution is -0.134. The monoisotopic (exact) mass is 330 g/mol. The minimum absolute atomic E-state index is 0.0392. The Balaban J connectivity index is 1.84. The van der Waals surface area contributed by atoms with Gasteiger partial charge in [-0.15, -0.1) is 11.3 Å². The van der Waals surface area contributed by atoms with Gasteiger partial charge in [0.2, 0.25) is 5.91 Å². The van der Waals surface area contributed by atoms with Gasteiger partial charge in [-0.2, -0.15) is 0 Å². The van der Waals surface area contributed by atoms with Crippen molar-refractivity contribution in [3.63, 3.8) is 0 Å². The fourth-order valence-corrected chi connectivity index (χ4v) is 3.94. The maximum atomic E-state index is 12.1. The fraction of sp³-hybridized carbons (Fsp3) is 0.389. The number of methoxy groups -OCH3 is 1. The number of piperazine rings is 1. The molecule has 0 unspecified atom stereocenters. The lowest BCUT2D eigenvalue weighted by atomic mass is 10.0. The van der Waals surface area contributed by atoms with E-state index >= 15 is 0 Å². The van der Waals surface area contributed by atoms with Gasteiger partial charge in [-0.1, -0.05) is 24.3 Å². The smallest absolute Gasteiger partial charge is 0.220 e. The van der Waals surface area contributed by atoms with E-state index in [4.69, 9.17) is 4.74 Å². The van der Waals surface area contributed by atoms with Crippen molar-refractivity contribution in [2.45, 2.75) is 19.5 Å². The van der Waals surface area contributed by atoms with Crippen LogP contribution in [0.4, 0.5) is 0 Å². The third kappa shape index (κ3) is 3.57. The number of carbonyl (C=O) groups excluding carboxylic acids is 1. The van der Waals surface area contributed by atoms with Crippen molar-refractivity contribution in [3.05, 3.63) is 52.2 Å². The van der Waals surface area contributed by atoms with Crippen molar-refractivity contribution in [1.82, 2.24) is 9.80 Å². The molecule has 1 fully saturated rings. The van der Waals surface area contributed by atoms with E-state index in [1.54, 1.807) is 25.4 Å². The molecular weight excluding hydrogens is 308 g/mol. The predicted molar refractivity (Wildman–Crippen MR) is 92.7 cm³/mol. The summed E-state index contributed by atoms with van der Waals surface area (Å²) in [4.78, 5) is 17.8. The van der Waals surface area contributed by atoms with E-state index in [-0.39, 0.29) is 11.9 Å². The number of para-hydroxylation sites is 1. The number of nitrogens with zero attached hydrogens (tertiary/aromatic N) is 2. The number of hydrogen-bond donors (Lipinski definition) is 0. The molecule has 4 nitrogen and oxygen atoms in total. The normalized spacial score (nSPS) is 18.9. The fourth-order valence-electron chi connectivity index (χ4n) is 3.19. The second kappa shape index (κ2) is 7.15. The zero-order chi connectivity index (χ0) is 16.2. The lowest BCUT2D eigenvalue weighted by Gasteiger charge is -2.41. The zero-order valence-electron chi connectivity index (χ0n) is 13.6. The van der Waals surface area contributed by atoms with Crippen LogP contribution in [-0.4, -0.2) is 42.5 Å². The van der Waals surface area contributed by atoms with Crippen LogP contribution < -0.4 is 4.74 Å². The quantitative estimate of drug-likeness (QED) is 0.863. The minimum Gasteiger partial charge on any atom is -0.496 e. The summed E-state index contributed by atoms with van der Waals surface area (Å²) in [5, 5.41) is 2.11. The highest BCUT2D eigenvalue weighted by Crippen LogP contribution is 2.32. The van der Waals surface area contributed by atoms with Crippen LogP contribution in [0.3, 0.4) is 0 Å². The third-order valence-electron chi connectivity index (χ3n) is 4.33. The molecule has 0 aliphatic carbocycles. The van der Waals surface area contributed by atoms with Gasteiger partial charge < -0.3 is 9.64 Å². The molecule has 0 bridgehead atoms. The first-order valence-corrected chi connectivity index (χ1v) is 8.72. The Morgan fingerprint density at radius 3 is 2.78 bits per heavy atom. The van der Waals surface area contributed by atoms with Crippen LogP contribution in [0.5, 0.6) is 5.75 Å². The topological polar surface area (TPSA) is 32.8 Å². The molecule has 0 N–H and O–H groups in total. The van der Waals surface area contributed by atoms with Gasteiger partial charge in [0, 0.05) is 43.5 Å². The van der Waals surface area contributed by atoms with Crippen molar-refractivity contribution in [1.29, 1.82) is 0 Å². The van der Waals surface area contributed by atoms with Gasteiger partial charge in [0.05, 0.1) is 13.2 Å². The summed E-state index contributed by atoms with van der Waals surface area (Å²) in [6, 6.07) is 12.3. The maximum Gasteiger partial charge on any atom is 0.220 e. The second-order valence-electron chi connectivity index (χ2n) is 5.78. The molecule has 1 amide bonds. The molecule has 1 aromatic carbocycles. The van der Waals surface area contributed by atoms with Crippen molar-refractivity contribution in [2.24, 2.45) is 0 Å². The number of carbonyl (C=O) groups is 1. The van der Waals surface area contributed by atoms with Crippen LogP contribution in [0, 0.1) is 0 Å². The Labute approximate surface area is 141 Å². The van der Waals surface area contributed by atoms with Gasteiger partial charge in [-0.25, -0.2) is 0 Å². The summed E-state index contributed by atoms with van der Waals surface area (Å²) < 4.78 is 5.51. The van der Waals surface area contributed by atoms with E-state index in [1.165, 1.54) is 4.88 Å². The Morgan fingerprint density at radius 1 is 1.26 bits per heavy atom. The van der Waals surface area contributed by atoms with Gasteiger partial charge in [-0.05, 0) is 17.5 Å². The molecule has 5 heteroatoms. The average Bonchev–Trinajstić information content (AvgIpc) is 3.07. The van der Waals surface area contributed by atoms with Gasteiger partial charge in [0.25, 0.3) is 0 Å². The highest BCUT2D eigenvalue weighted by Gasteiger charge is 2.31. The van der Waals surface area contributed by atoms with Gasteiger partial charge in [0.15, 0.2) is 0 Å². The number of rotatable bonds is 4. The van der Waals surface area contributed by atoms with Crippen LogP contribution in [0.25, 0.3) is 0 Å². The summed E-state index contributed by atoms with van der Waals surface area (Å²) in [6.07, 6.45) is 0. The van der Waals surface area contributed by atoms with Gasteiger partial charge in [-0.3, -0.25) is 9.69 Å². The molecule has 1 atom stereocenters. The largest absolute Gasteiger partial charge is 0.496 e. The lowest BCUT2D eigenvalue weighted by Crippen LogP contribution is -2.49. The van der Waals surface area contributed by atoms with E-state index < -0.39 is 0 Å². The van der Waals surface area contributed by atoms with Crippen LogP contribution in [-0.2, 0) is 11.3 Å². The minimum atomic E-state index is 0.0392. The molecule has 1 aliphatic heterocycles. The van der Waals surface area contributed by atoms with Crippen LogP contribution in [0.1, 0.15) is 23.4 Å². The number of hydrogen-bond acceptors (Lipinski definition) is 4. The second-order valence-corrected chi connectivity index (χ2v) is 6.82. The molecule has 1 saturated heterocycles. The molecule has 1 aromatic heterocycles. The first-order chi connectivity index (χ1) is 11.2. The molecular formula is C18H22N2O2S. The van der Waals surface area contributed by atoms with Gasteiger partial charge >= 0.3 is 0 Å². The van der Waals surface area contributed by atoms with E-state index in [0.717, 1.165) is 37.5 Å². The SMILES string of the molecule is COc1ccccc1[C@H]1CN(Cc2cccs2)CCN1C(C)=O. The van der Waals surface area contributed by atoms with Crippen molar-refractivity contribution in [3.8, 4) is 5.75 Å². The number of thiophene rings is 1. The molecule has 2 aromatic rings. The molecule has 0 radical (unpaired) electrons. The Morgan fingerprint density at radius 2 is 2.09 bits per heavy atom. The van der Waals surface area contributed by atoms with E-state index in [9.17, 15) is 4.79 Å². The molecule has 0 spiro atoms. The third-order valence-corrected chi connectivity index (χ3v) is 5.19. The Kier molecular flexibility index (Phi) is 4.98. The summed E-state index contributed by atoms with van der Waals surface area (Å²) in [7, 11) is 1.68. The molecule has 1 aliphatic rings. The highest BCUT2D eigenvalue weighted by molar-refractivity contribution is 7.09. The van der Waals surface area contributed by atoms with Gasteiger partial charge in [0.1, 0.15) is 5.75 Å². The number of amides is 1. The van der Waals surface area contributed by atoms with Crippen molar-refractivity contribution in [2.75, 3.05) is 26.7 Å². The molecule has 2 heterocycles. The Bertz CT molecular complexity index is 657. The molecule has 122 valence electrons.